The lowest BCUT2D eigenvalue weighted by atomic mass is 10.0. The van der Waals surface area contributed by atoms with Gasteiger partial charge in [0, 0.05) is 23.5 Å². The zero-order valence-electron chi connectivity index (χ0n) is 16.7. The van der Waals surface area contributed by atoms with Crippen LogP contribution in [-0.4, -0.2) is 29.1 Å². The Bertz CT molecular complexity index is 1230. The van der Waals surface area contributed by atoms with E-state index in [1.54, 1.807) is 12.1 Å². The van der Waals surface area contributed by atoms with Crippen LogP contribution in [0.3, 0.4) is 0 Å². The highest BCUT2D eigenvalue weighted by molar-refractivity contribution is 6.31. The van der Waals surface area contributed by atoms with Crippen molar-refractivity contribution in [1.82, 2.24) is 4.98 Å². The number of pyridine rings is 1. The van der Waals surface area contributed by atoms with Crippen LogP contribution < -0.4 is 10.6 Å². The molecule has 6 nitrogen and oxygen atoms in total. The zero-order chi connectivity index (χ0) is 22.7. The van der Waals surface area contributed by atoms with Gasteiger partial charge in [0.1, 0.15) is 11.6 Å². The molecule has 0 fully saturated rings. The van der Waals surface area contributed by atoms with Crippen molar-refractivity contribution in [3.63, 3.8) is 0 Å². The predicted molar refractivity (Wildman–Crippen MR) is 124 cm³/mol. The maximum atomic E-state index is 14.7. The average Bonchev–Trinajstić information content (AvgIpc) is 3.31. The lowest BCUT2D eigenvalue weighted by Crippen LogP contribution is -2.19. The molecule has 0 spiro atoms. The van der Waals surface area contributed by atoms with Gasteiger partial charge in [0.2, 0.25) is 0 Å². The first-order valence-corrected chi connectivity index (χ1v) is 10.5. The fourth-order valence-corrected chi connectivity index (χ4v) is 3.57. The van der Waals surface area contributed by atoms with Crippen LogP contribution in [0.15, 0.2) is 59.7 Å². The Morgan fingerprint density at radius 1 is 0.906 bits per heavy atom. The second-order valence-corrected chi connectivity index (χ2v) is 7.96. The van der Waals surface area contributed by atoms with Gasteiger partial charge in [0.05, 0.1) is 21.8 Å². The summed E-state index contributed by atoms with van der Waals surface area (Å²) in [5, 5.41) is 5.92. The van der Waals surface area contributed by atoms with Gasteiger partial charge in [-0.3, -0.25) is 14.6 Å². The normalized spacial score (nSPS) is 12.9. The number of amides is 2. The lowest BCUT2D eigenvalue weighted by Gasteiger charge is -2.13. The molecule has 2 N–H and O–H groups in total. The van der Waals surface area contributed by atoms with Gasteiger partial charge in [0.15, 0.2) is 0 Å². The highest BCUT2D eigenvalue weighted by Crippen LogP contribution is 2.24. The highest BCUT2D eigenvalue weighted by atomic mass is 35.5. The number of carbonyl (C=O) groups is 2. The topological polar surface area (TPSA) is 83.5 Å². The van der Waals surface area contributed by atoms with Crippen LogP contribution in [0.25, 0.3) is 0 Å². The molecule has 2 amide bonds. The molecule has 1 aromatic heterocycles. The monoisotopic (exact) mass is 470 g/mol. The van der Waals surface area contributed by atoms with E-state index in [2.05, 4.69) is 20.6 Å². The SMILES string of the molecule is O=C(Nc1ccc(Cl)cc1C(=O)Nc1ccc(Cl)cn1)c1ccc(C2=NCCC2)cc1F. The number of anilines is 2. The molecular formula is C23H17Cl2FN4O2. The number of benzene rings is 2. The van der Waals surface area contributed by atoms with E-state index in [4.69, 9.17) is 23.2 Å². The van der Waals surface area contributed by atoms with E-state index in [9.17, 15) is 14.0 Å². The Morgan fingerprint density at radius 2 is 1.69 bits per heavy atom. The van der Waals surface area contributed by atoms with Gasteiger partial charge in [-0.25, -0.2) is 9.37 Å². The largest absolute Gasteiger partial charge is 0.321 e. The number of carbonyl (C=O) groups excluding carboxylic acids is 2. The molecule has 0 bridgehead atoms. The number of nitrogens with zero attached hydrogens (tertiary/aromatic N) is 2. The Morgan fingerprint density at radius 3 is 2.38 bits per heavy atom. The van der Waals surface area contributed by atoms with Crippen molar-refractivity contribution < 1.29 is 14.0 Å². The number of aromatic nitrogens is 1. The minimum Gasteiger partial charge on any atom is -0.321 e. The third-order valence-electron chi connectivity index (χ3n) is 4.86. The Labute approximate surface area is 193 Å². The third-order valence-corrected chi connectivity index (χ3v) is 5.32. The van der Waals surface area contributed by atoms with Crippen LogP contribution in [0.1, 0.15) is 39.1 Å². The number of nitrogens with one attached hydrogen (secondary N) is 2. The fourth-order valence-electron chi connectivity index (χ4n) is 3.29. The number of halogens is 3. The molecular weight excluding hydrogens is 454 g/mol. The van der Waals surface area contributed by atoms with Gasteiger partial charge in [-0.2, -0.15) is 0 Å². The van der Waals surface area contributed by atoms with Crippen LogP contribution in [0, 0.1) is 5.82 Å². The summed E-state index contributed by atoms with van der Waals surface area (Å²) in [7, 11) is 0. The quantitative estimate of drug-likeness (QED) is 0.507. The van der Waals surface area contributed by atoms with Crippen molar-refractivity contribution in [2.75, 3.05) is 17.2 Å². The summed E-state index contributed by atoms with van der Waals surface area (Å²) in [5.41, 5.74) is 1.63. The first-order chi connectivity index (χ1) is 15.4. The standard InChI is InChI=1S/C23H17Cl2FN4O2/c24-14-4-7-20(17(11-14)23(32)30-21-8-5-15(25)12-28-21)29-22(31)16-6-3-13(10-18(16)26)19-2-1-9-27-19/h3-8,10-12H,1-2,9H2,(H,29,31)(H,28,30,32). The molecule has 162 valence electrons. The highest BCUT2D eigenvalue weighted by Gasteiger charge is 2.19. The van der Waals surface area contributed by atoms with Crippen LogP contribution in [-0.2, 0) is 0 Å². The van der Waals surface area contributed by atoms with Crippen LogP contribution in [0.2, 0.25) is 10.0 Å². The van der Waals surface area contributed by atoms with E-state index in [0.717, 1.165) is 25.1 Å². The molecule has 0 unspecified atom stereocenters. The summed E-state index contributed by atoms with van der Waals surface area (Å²) >= 11 is 11.9. The maximum absolute atomic E-state index is 14.7. The number of rotatable bonds is 5. The fraction of sp³-hybridized carbons (Fsp3) is 0.130. The van der Waals surface area contributed by atoms with Gasteiger partial charge in [-0.15, -0.1) is 0 Å². The second-order valence-electron chi connectivity index (χ2n) is 7.09. The van der Waals surface area contributed by atoms with Gasteiger partial charge in [0.25, 0.3) is 11.8 Å². The van der Waals surface area contributed by atoms with E-state index >= 15 is 0 Å². The van der Waals surface area contributed by atoms with E-state index in [1.165, 1.54) is 42.6 Å². The molecule has 0 saturated carbocycles. The molecule has 2 aromatic carbocycles. The molecule has 0 atom stereocenters. The summed E-state index contributed by atoms with van der Waals surface area (Å²) in [6.45, 7) is 0.728. The third kappa shape index (κ3) is 4.95. The summed E-state index contributed by atoms with van der Waals surface area (Å²) < 4.78 is 14.7. The first kappa shape index (κ1) is 21.9. The van der Waals surface area contributed by atoms with E-state index in [1.807, 2.05) is 0 Å². The van der Waals surface area contributed by atoms with Crippen LogP contribution in [0.4, 0.5) is 15.9 Å². The van der Waals surface area contributed by atoms with Crippen LogP contribution >= 0.6 is 23.2 Å². The van der Waals surface area contributed by atoms with Gasteiger partial charge < -0.3 is 10.6 Å². The molecule has 4 rings (SSSR count). The summed E-state index contributed by atoms with van der Waals surface area (Å²) in [4.78, 5) is 33.9. The van der Waals surface area contributed by atoms with Crippen molar-refractivity contribution in [2.24, 2.45) is 4.99 Å². The van der Waals surface area contributed by atoms with Crippen molar-refractivity contribution in [1.29, 1.82) is 0 Å². The van der Waals surface area contributed by atoms with Gasteiger partial charge in [-0.05, 0) is 60.9 Å². The average molecular weight is 471 g/mol. The van der Waals surface area contributed by atoms with Crippen LogP contribution in [0.5, 0.6) is 0 Å². The molecule has 9 heteroatoms. The summed E-state index contributed by atoms with van der Waals surface area (Å²) in [6.07, 6.45) is 3.12. The smallest absolute Gasteiger partial charge is 0.258 e. The number of aliphatic imine (C=N–C) groups is 1. The predicted octanol–water partition coefficient (Wildman–Crippen LogP) is 5.62. The number of hydrogen-bond acceptors (Lipinski definition) is 4. The van der Waals surface area contributed by atoms with Crippen molar-refractivity contribution in [3.05, 3.63) is 87.3 Å². The van der Waals surface area contributed by atoms with E-state index in [0.29, 0.717) is 15.6 Å². The molecule has 0 saturated heterocycles. The minimum atomic E-state index is -0.691. The van der Waals surface area contributed by atoms with Crippen molar-refractivity contribution in [3.8, 4) is 0 Å². The van der Waals surface area contributed by atoms with Gasteiger partial charge >= 0.3 is 0 Å². The van der Waals surface area contributed by atoms with Crippen molar-refractivity contribution >= 4 is 52.2 Å². The van der Waals surface area contributed by atoms with E-state index in [-0.39, 0.29) is 22.6 Å². The molecule has 3 aromatic rings. The molecule has 32 heavy (non-hydrogen) atoms. The molecule has 1 aliphatic rings. The Kier molecular flexibility index (Phi) is 6.48. The van der Waals surface area contributed by atoms with Crippen molar-refractivity contribution in [2.45, 2.75) is 12.8 Å². The molecule has 1 aliphatic heterocycles. The lowest BCUT2D eigenvalue weighted by molar-refractivity contribution is 0.102. The zero-order valence-corrected chi connectivity index (χ0v) is 18.2. The van der Waals surface area contributed by atoms with Gasteiger partial charge in [-0.1, -0.05) is 29.3 Å². The molecule has 2 heterocycles. The molecule has 0 radical (unpaired) electrons. The molecule has 0 aliphatic carbocycles. The Hall–Kier alpha value is -3.29. The minimum absolute atomic E-state index is 0.0972. The second kappa shape index (κ2) is 9.46. The van der Waals surface area contributed by atoms with E-state index < -0.39 is 17.6 Å². The summed E-state index contributed by atoms with van der Waals surface area (Å²) in [6, 6.07) is 11.9. The first-order valence-electron chi connectivity index (χ1n) is 9.78. The summed E-state index contributed by atoms with van der Waals surface area (Å²) in [5.74, 6) is -1.64. The maximum Gasteiger partial charge on any atom is 0.258 e. The number of hydrogen-bond donors (Lipinski definition) is 2. The Balaban J connectivity index is 1.55.